The predicted molar refractivity (Wildman–Crippen MR) is 92.5 cm³/mol. The molecule has 0 amide bonds. The second kappa shape index (κ2) is 7.22. The fourth-order valence-corrected chi connectivity index (χ4v) is 3.57. The number of rotatable bonds is 5. The molecule has 1 aromatic heterocycles. The van der Waals surface area contributed by atoms with Crippen molar-refractivity contribution >= 4 is 16.5 Å². The zero-order valence-corrected chi connectivity index (χ0v) is 14.0. The van der Waals surface area contributed by atoms with Crippen LogP contribution in [-0.2, 0) is 4.74 Å². The summed E-state index contributed by atoms with van der Waals surface area (Å²) in [6.07, 6.45) is 0. The minimum Gasteiger partial charge on any atom is -0.379 e. The molecule has 22 heavy (non-hydrogen) atoms. The SMILES string of the molecule is CC(CNc1nc(-c2ccccc2)cs1)N1CCOCC1C. The van der Waals surface area contributed by atoms with Gasteiger partial charge < -0.3 is 10.1 Å². The lowest BCUT2D eigenvalue weighted by atomic mass is 10.2. The maximum absolute atomic E-state index is 5.50. The van der Waals surface area contributed by atoms with Crippen molar-refractivity contribution in [1.82, 2.24) is 9.88 Å². The molecule has 1 N–H and O–H groups in total. The molecule has 4 nitrogen and oxygen atoms in total. The van der Waals surface area contributed by atoms with Gasteiger partial charge in [0.15, 0.2) is 5.13 Å². The van der Waals surface area contributed by atoms with E-state index in [2.05, 4.69) is 46.6 Å². The van der Waals surface area contributed by atoms with Crippen LogP contribution in [0.4, 0.5) is 5.13 Å². The highest BCUT2D eigenvalue weighted by Crippen LogP contribution is 2.24. The molecule has 1 fully saturated rings. The molecule has 2 atom stereocenters. The number of aromatic nitrogens is 1. The lowest BCUT2D eigenvalue weighted by Crippen LogP contribution is -2.50. The van der Waals surface area contributed by atoms with Crippen molar-refractivity contribution in [2.75, 3.05) is 31.6 Å². The van der Waals surface area contributed by atoms with Crippen molar-refractivity contribution in [3.05, 3.63) is 35.7 Å². The summed E-state index contributed by atoms with van der Waals surface area (Å²) in [5.41, 5.74) is 2.21. The van der Waals surface area contributed by atoms with Gasteiger partial charge in [-0.05, 0) is 13.8 Å². The van der Waals surface area contributed by atoms with E-state index in [1.165, 1.54) is 5.56 Å². The standard InChI is InChI=1S/C17H23N3OS/c1-13(20-8-9-21-11-14(20)2)10-18-17-19-16(12-22-17)15-6-4-3-5-7-15/h3-7,12-14H,8-11H2,1-2H3,(H,18,19). The number of morpholine rings is 1. The highest BCUT2D eigenvalue weighted by molar-refractivity contribution is 7.14. The number of ether oxygens (including phenoxy) is 1. The molecule has 5 heteroatoms. The summed E-state index contributed by atoms with van der Waals surface area (Å²) in [6, 6.07) is 11.3. The predicted octanol–water partition coefficient (Wildman–Crippen LogP) is 3.33. The van der Waals surface area contributed by atoms with Crippen LogP contribution in [0, 0.1) is 0 Å². The van der Waals surface area contributed by atoms with Crippen molar-refractivity contribution in [2.24, 2.45) is 0 Å². The quantitative estimate of drug-likeness (QED) is 0.918. The molecule has 118 valence electrons. The number of benzene rings is 1. The Labute approximate surface area is 136 Å². The maximum Gasteiger partial charge on any atom is 0.183 e. The lowest BCUT2D eigenvalue weighted by Gasteiger charge is -2.37. The van der Waals surface area contributed by atoms with Crippen molar-refractivity contribution < 1.29 is 4.74 Å². The summed E-state index contributed by atoms with van der Waals surface area (Å²) in [5.74, 6) is 0. The molecule has 1 aliphatic rings. The Morgan fingerprint density at radius 2 is 2.23 bits per heavy atom. The largest absolute Gasteiger partial charge is 0.379 e. The first-order valence-corrected chi connectivity index (χ1v) is 8.70. The van der Waals surface area contributed by atoms with Gasteiger partial charge in [0, 0.05) is 36.1 Å². The van der Waals surface area contributed by atoms with Crippen molar-refractivity contribution in [3.8, 4) is 11.3 Å². The van der Waals surface area contributed by atoms with Crippen LogP contribution in [0.15, 0.2) is 35.7 Å². The number of thiazole rings is 1. The summed E-state index contributed by atoms with van der Waals surface area (Å²) in [4.78, 5) is 7.18. The molecule has 1 aliphatic heterocycles. The second-order valence-electron chi connectivity index (χ2n) is 5.80. The van der Waals surface area contributed by atoms with E-state index in [9.17, 15) is 0 Å². The number of hydrogen-bond acceptors (Lipinski definition) is 5. The fourth-order valence-electron chi connectivity index (χ4n) is 2.84. The van der Waals surface area contributed by atoms with Gasteiger partial charge in [0.1, 0.15) is 0 Å². The van der Waals surface area contributed by atoms with Gasteiger partial charge in [-0.3, -0.25) is 4.90 Å². The monoisotopic (exact) mass is 317 g/mol. The Balaban J connectivity index is 1.57. The first kappa shape index (κ1) is 15.5. The number of nitrogens with zero attached hydrogens (tertiary/aromatic N) is 2. The Hall–Kier alpha value is -1.43. The second-order valence-corrected chi connectivity index (χ2v) is 6.65. The average Bonchev–Trinajstić information content (AvgIpc) is 3.03. The smallest absolute Gasteiger partial charge is 0.183 e. The summed E-state index contributed by atoms with van der Waals surface area (Å²) in [7, 11) is 0. The van der Waals surface area contributed by atoms with Gasteiger partial charge >= 0.3 is 0 Å². The van der Waals surface area contributed by atoms with Gasteiger partial charge in [-0.15, -0.1) is 11.3 Å². The minimum atomic E-state index is 0.475. The number of hydrogen-bond donors (Lipinski definition) is 1. The Morgan fingerprint density at radius 1 is 1.41 bits per heavy atom. The number of nitrogens with one attached hydrogen (secondary N) is 1. The molecule has 0 spiro atoms. The van der Waals surface area contributed by atoms with Crippen LogP contribution in [0.2, 0.25) is 0 Å². The van der Waals surface area contributed by atoms with Crippen molar-refractivity contribution in [3.63, 3.8) is 0 Å². The van der Waals surface area contributed by atoms with Gasteiger partial charge in [-0.1, -0.05) is 30.3 Å². The molecule has 2 heterocycles. The Bertz CT molecular complexity index is 587. The third-order valence-electron chi connectivity index (χ3n) is 4.11. The summed E-state index contributed by atoms with van der Waals surface area (Å²) >= 11 is 1.67. The summed E-state index contributed by atoms with van der Waals surface area (Å²) in [5, 5.41) is 6.58. The lowest BCUT2D eigenvalue weighted by molar-refractivity contribution is -0.0159. The molecule has 0 bridgehead atoms. The van der Waals surface area contributed by atoms with Gasteiger partial charge in [0.25, 0.3) is 0 Å². The van der Waals surface area contributed by atoms with Crippen LogP contribution in [-0.4, -0.2) is 48.3 Å². The van der Waals surface area contributed by atoms with Crippen LogP contribution in [0.25, 0.3) is 11.3 Å². The van der Waals surface area contributed by atoms with Gasteiger partial charge in [0.05, 0.1) is 18.9 Å². The van der Waals surface area contributed by atoms with E-state index in [0.29, 0.717) is 12.1 Å². The normalized spacial score (nSPS) is 20.7. The molecule has 0 aliphatic carbocycles. The topological polar surface area (TPSA) is 37.4 Å². The molecule has 1 aromatic carbocycles. The van der Waals surface area contributed by atoms with E-state index in [1.54, 1.807) is 11.3 Å². The zero-order chi connectivity index (χ0) is 15.4. The Morgan fingerprint density at radius 3 is 3.00 bits per heavy atom. The van der Waals surface area contributed by atoms with Gasteiger partial charge in [0.2, 0.25) is 0 Å². The molecule has 2 unspecified atom stereocenters. The molecule has 3 rings (SSSR count). The molecule has 0 saturated carbocycles. The van der Waals surface area contributed by atoms with Crippen molar-refractivity contribution in [1.29, 1.82) is 0 Å². The van der Waals surface area contributed by atoms with Crippen LogP contribution >= 0.6 is 11.3 Å². The van der Waals surface area contributed by atoms with Crippen molar-refractivity contribution in [2.45, 2.75) is 25.9 Å². The van der Waals surface area contributed by atoms with E-state index in [0.717, 1.165) is 37.1 Å². The van der Waals surface area contributed by atoms with E-state index in [4.69, 9.17) is 4.74 Å². The van der Waals surface area contributed by atoms with Crippen LogP contribution < -0.4 is 5.32 Å². The molecular weight excluding hydrogens is 294 g/mol. The van der Waals surface area contributed by atoms with Crippen LogP contribution in [0.5, 0.6) is 0 Å². The molecule has 1 saturated heterocycles. The van der Waals surface area contributed by atoms with E-state index in [-0.39, 0.29) is 0 Å². The van der Waals surface area contributed by atoms with E-state index >= 15 is 0 Å². The summed E-state index contributed by atoms with van der Waals surface area (Å²) in [6.45, 7) is 8.08. The first-order chi connectivity index (χ1) is 10.7. The average molecular weight is 317 g/mol. The highest BCUT2D eigenvalue weighted by Gasteiger charge is 2.23. The van der Waals surface area contributed by atoms with Gasteiger partial charge in [-0.2, -0.15) is 0 Å². The zero-order valence-electron chi connectivity index (χ0n) is 13.2. The molecule has 0 radical (unpaired) electrons. The summed E-state index contributed by atoms with van der Waals surface area (Å²) < 4.78 is 5.50. The maximum atomic E-state index is 5.50. The fraction of sp³-hybridized carbons (Fsp3) is 0.471. The van der Waals surface area contributed by atoms with E-state index in [1.807, 2.05) is 18.2 Å². The van der Waals surface area contributed by atoms with Crippen LogP contribution in [0.1, 0.15) is 13.8 Å². The number of anilines is 1. The molecular formula is C17H23N3OS. The third-order valence-corrected chi connectivity index (χ3v) is 4.91. The molecule has 2 aromatic rings. The first-order valence-electron chi connectivity index (χ1n) is 7.82. The third kappa shape index (κ3) is 3.66. The highest BCUT2D eigenvalue weighted by atomic mass is 32.1. The minimum absolute atomic E-state index is 0.475. The van der Waals surface area contributed by atoms with E-state index < -0.39 is 0 Å². The van der Waals surface area contributed by atoms with Gasteiger partial charge in [-0.25, -0.2) is 4.98 Å². The Kier molecular flexibility index (Phi) is 5.08. The van der Waals surface area contributed by atoms with Crippen LogP contribution in [0.3, 0.4) is 0 Å².